The standard InChI is InChI=1S/C22H27N3O4/c1-24-11-13-25(14-12-24)20-9-6-10-21(23-20)29-15-17-7-4-5-8-18(17)19(16-27-2)22(26)28-3/h4-10,16H,11-15H2,1-3H3/b19-16+. The van der Waals surface area contributed by atoms with Crippen molar-refractivity contribution >= 4 is 17.4 Å². The number of carbonyl (C=O) groups is 1. The Bertz CT molecular complexity index is 861. The van der Waals surface area contributed by atoms with Crippen molar-refractivity contribution in [1.29, 1.82) is 0 Å². The highest BCUT2D eigenvalue weighted by molar-refractivity contribution is 6.16. The lowest BCUT2D eigenvalue weighted by Gasteiger charge is -2.33. The minimum absolute atomic E-state index is 0.271. The summed E-state index contributed by atoms with van der Waals surface area (Å²) in [5.74, 6) is 1.000. The second-order valence-electron chi connectivity index (χ2n) is 6.83. The number of nitrogens with zero attached hydrogens (tertiary/aromatic N) is 3. The van der Waals surface area contributed by atoms with Crippen LogP contribution in [-0.2, 0) is 20.9 Å². The van der Waals surface area contributed by atoms with E-state index in [1.165, 1.54) is 20.5 Å². The van der Waals surface area contributed by atoms with Crippen LogP contribution in [0.25, 0.3) is 5.57 Å². The van der Waals surface area contributed by atoms with E-state index in [1.807, 2.05) is 42.5 Å². The van der Waals surface area contributed by atoms with Gasteiger partial charge in [-0.15, -0.1) is 0 Å². The molecule has 2 aromatic rings. The summed E-state index contributed by atoms with van der Waals surface area (Å²) in [6.45, 7) is 4.19. The summed E-state index contributed by atoms with van der Waals surface area (Å²) in [4.78, 5) is 21.4. The third kappa shape index (κ3) is 5.26. The first-order valence-corrected chi connectivity index (χ1v) is 9.55. The number of likely N-dealkylation sites (N-methyl/N-ethyl adjacent to an activating group) is 1. The number of anilines is 1. The van der Waals surface area contributed by atoms with Crippen LogP contribution < -0.4 is 9.64 Å². The monoisotopic (exact) mass is 397 g/mol. The van der Waals surface area contributed by atoms with E-state index in [1.54, 1.807) is 0 Å². The molecule has 29 heavy (non-hydrogen) atoms. The van der Waals surface area contributed by atoms with E-state index in [4.69, 9.17) is 14.2 Å². The van der Waals surface area contributed by atoms with Gasteiger partial charge >= 0.3 is 5.97 Å². The average Bonchev–Trinajstić information content (AvgIpc) is 2.76. The molecule has 7 nitrogen and oxygen atoms in total. The van der Waals surface area contributed by atoms with Gasteiger partial charge in [-0.25, -0.2) is 4.79 Å². The highest BCUT2D eigenvalue weighted by Crippen LogP contribution is 2.23. The van der Waals surface area contributed by atoms with Gasteiger partial charge in [0.2, 0.25) is 5.88 Å². The van der Waals surface area contributed by atoms with E-state index in [9.17, 15) is 4.79 Å². The Hall–Kier alpha value is -3.06. The molecule has 0 radical (unpaired) electrons. The Balaban J connectivity index is 1.75. The Morgan fingerprint density at radius 2 is 1.83 bits per heavy atom. The maximum absolute atomic E-state index is 12.1. The van der Waals surface area contributed by atoms with Gasteiger partial charge in [-0.1, -0.05) is 30.3 Å². The van der Waals surface area contributed by atoms with E-state index < -0.39 is 5.97 Å². The minimum Gasteiger partial charge on any atom is -0.503 e. The zero-order chi connectivity index (χ0) is 20.6. The normalized spacial score (nSPS) is 15.1. The van der Waals surface area contributed by atoms with Gasteiger partial charge in [-0.3, -0.25) is 0 Å². The van der Waals surface area contributed by atoms with Gasteiger partial charge in [0, 0.05) is 32.2 Å². The van der Waals surface area contributed by atoms with Crippen molar-refractivity contribution in [2.24, 2.45) is 0 Å². The van der Waals surface area contributed by atoms with Gasteiger partial charge < -0.3 is 24.0 Å². The quantitative estimate of drug-likeness (QED) is 0.404. The van der Waals surface area contributed by atoms with Crippen molar-refractivity contribution in [2.75, 3.05) is 52.3 Å². The third-order valence-electron chi connectivity index (χ3n) is 4.86. The fraction of sp³-hybridized carbons (Fsp3) is 0.364. The number of esters is 1. The summed E-state index contributed by atoms with van der Waals surface area (Å²) in [5.41, 5.74) is 1.89. The Kier molecular flexibility index (Phi) is 7.08. The number of rotatable bonds is 7. The minimum atomic E-state index is -0.463. The summed E-state index contributed by atoms with van der Waals surface area (Å²) >= 11 is 0. The maximum atomic E-state index is 12.1. The van der Waals surface area contributed by atoms with Crippen LogP contribution in [0.4, 0.5) is 5.82 Å². The molecule has 2 heterocycles. The molecule has 1 fully saturated rings. The van der Waals surface area contributed by atoms with Crippen molar-refractivity contribution in [2.45, 2.75) is 6.61 Å². The van der Waals surface area contributed by atoms with Crippen molar-refractivity contribution in [3.05, 3.63) is 59.9 Å². The van der Waals surface area contributed by atoms with E-state index in [0.717, 1.165) is 37.6 Å². The van der Waals surface area contributed by atoms with Crippen LogP contribution in [0.3, 0.4) is 0 Å². The summed E-state index contributed by atoms with van der Waals surface area (Å²) in [7, 11) is 4.97. The van der Waals surface area contributed by atoms with Gasteiger partial charge in [-0.05, 0) is 24.2 Å². The number of methoxy groups -OCH3 is 2. The lowest BCUT2D eigenvalue weighted by atomic mass is 10.0. The molecule has 1 aromatic heterocycles. The van der Waals surface area contributed by atoms with Gasteiger partial charge in [0.05, 0.1) is 20.5 Å². The fourth-order valence-corrected chi connectivity index (χ4v) is 3.21. The first-order valence-electron chi connectivity index (χ1n) is 9.55. The highest BCUT2D eigenvalue weighted by Gasteiger charge is 2.18. The molecule has 1 aliphatic rings. The van der Waals surface area contributed by atoms with Gasteiger partial charge in [-0.2, -0.15) is 4.98 Å². The topological polar surface area (TPSA) is 64.1 Å². The van der Waals surface area contributed by atoms with Crippen molar-refractivity contribution in [1.82, 2.24) is 9.88 Å². The first kappa shape index (κ1) is 20.7. The zero-order valence-corrected chi connectivity index (χ0v) is 17.1. The molecule has 0 N–H and O–H groups in total. The van der Waals surface area contributed by atoms with Gasteiger partial charge in [0.1, 0.15) is 18.0 Å². The molecular weight excluding hydrogens is 370 g/mol. The van der Waals surface area contributed by atoms with Crippen LogP contribution in [0.2, 0.25) is 0 Å². The second kappa shape index (κ2) is 9.93. The van der Waals surface area contributed by atoms with E-state index in [0.29, 0.717) is 17.0 Å². The van der Waals surface area contributed by atoms with E-state index in [-0.39, 0.29) is 6.61 Å². The molecule has 0 unspecified atom stereocenters. The molecule has 1 aliphatic heterocycles. The molecule has 0 bridgehead atoms. The number of aromatic nitrogens is 1. The van der Waals surface area contributed by atoms with Crippen LogP contribution in [0.5, 0.6) is 5.88 Å². The number of piperazine rings is 1. The lowest BCUT2D eigenvalue weighted by molar-refractivity contribution is -0.133. The largest absolute Gasteiger partial charge is 0.503 e. The molecule has 0 aliphatic carbocycles. The molecule has 0 spiro atoms. The molecule has 154 valence electrons. The number of pyridine rings is 1. The molecule has 0 saturated carbocycles. The maximum Gasteiger partial charge on any atom is 0.341 e. The molecule has 0 atom stereocenters. The van der Waals surface area contributed by atoms with Crippen molar-refractivity contribution in [3.8, 4) is 5.88 Å². The number of benzene rings is 1. The van der Waals surface area contributed by atoms with Crippen LogP contribution in [0.15, 0.2) is 48.7 Å². The summed E-state index contributed by atoms with van der Waals surface area (Å²) in [5, 5.41) is 0. The van der Waals surface area contributed by atoms with Crippen LogP contribution in [0, 0.1) is 0 Å². The van der Waals surface area contributed by atoms with Gasteiger partial charge in [0.15, 0.2) is 0 Å². The number of hydrogen-bond acceptors (Lipinski definition) is 7. The summed E-state index contributed by atoms with van der Waals surface area (Å²) in [6, 6.07) is 13.3. The molecule has 1 saturated heterocycles. The number of hydrogen-bond donors (Lipinski definition) is 0. The smallest absolute Gasteiger partial charge is 0.341 e. The van der Waals surface area contributed by atoms with Crippen molar-refractivity contribution < 1.29 is 19.0 Å². The van der Waals surface area contributed by atoms with Crippen molar-refractivity contribution in [3.63, 3.8) is 0 Å². The molecule has 0 amide bonds. The summed E-state index contributed by atoms with van der Waals surface area (Å²) < 4.78 is 15.9. The molecule has 7 heteroatoms. The average molecular weight is 397 g/mol. The van der Waals surface area contributed by atoms with Gasteiger partial charge in [0.25, 0.3) is 0 Å². The Morgan fingerprint density at radius 1 is 1.07 bits per heavy atom. The second-order valence-corrected chi connectivity index (χ2v) is 6.83. The van der Waals surface area contributed by atoms with E-state index in [2.05, 4.69) is 21.8 Å². The Labute approximate surface area is 171 Å². The fourth-order valence-electron chi connectivity index (χ4n) is 3.21. The van der Waals surface area contributed by atoms with E-state index >= 15 is 0 Å². The van der Waals surface area contributed by atoms with Crippen LogP contribution >= 0.6 is 0 Å². The highest BCUT2D eigenvalue weighted by atomic mass is 16.5. The Morgan fingerprint density at radius 3 is 2.55 bits per heavy atom. The SMILES string of the molecule is CO/C=C(/C(=O)OC)c1ccccc1COc1cccc(N2CCN(C)CC2)n1. The predicted molar refractivity (Wildman–Crippen MR) is 112 cm³/mol. The predicted octanol–water partition coefficient (Wildman–Crippen LogP) is 2.57. The molecule has 3 rings (SSSR count). The first-order chi connectivity index (χ1) is 14.1. The number of carbonyl (C=O) groups excluding carboxylic acids is 1. The van der Waals surface area contributed by atoms with Crippen LogP contribution in [-0.4, -0.2) is 63.3 Å². The summed E-state index contributed by atoms with van der Waals surface area (Å²) in [6.07, 6.45) is 1.39. The molecular formula is C22H27N3O4. The van der Waals surface area contributed by atoms with Crippen LogP contribution in [0.1, 0.15) is 11.1 Å². The molecule has 1 aromatic carbocycles. The third-order valence-corrected chi connectivity index (χ3v) is 4.86. The lowest BCUT2D eigenvalue weighted by Crippen LogP contribution is -2.44. The number of ether oxygens (including phenoxy) is 3. The zero-order valence-electron chi connectivity index (χ0n) is 17.1.